The standard InChI is InChI=1S/C25H20FN3O2S/c26-19-11-4-5-13-21(19)29(25(31)20-12-6-7-15-27-20)23(22-14-8-16-32-22)24(30)28-17-18-9-2-1-3-10-18/h1-16,23H,17H2,(H,28,30)/t23-/m0/s1. The second-order valence-electron chi connectivity index (χ2n) is 6.96. The highest BCUT2D eigenvalue weighted by Crippen LogP contribution is 2.33. The van der Waals surface area contributed by atoms with Gasteiger partial charge in [-0.3, -0.25) is 19.5 Å². The molecule has 1 N–H and O–H groups in total. The van der Waals surface area contributed by atoms with Gasteiger partial charge in [0.15, 0.2) is 6.04 Å². The number of aromatic nitrogens is 1. The number of anilines is 1. The number of nitrogens with one attached hydrogen (secondary N) is 1. The number of rotatable bonds is 7. The summed E-state index contributed by atoms with van der Waals surface area (Å²) in [4.78, 5) is 32.9. The summed E-state index contributed by atoms with van der Waals surface area (Å²) in [5.41, 5.74) is 1.05. The van der Waals surface area contributed by atoms with Crippen LogP contribution in [0.25, 0.3) is 0 Å². The van der Waals surface area contributed by atoms with Crippen molar-refractivity contribution in [1.82, 2.24) is 10.3 Å². The Bertz CT molecular complexity index is 1180. The number of nitrogens with zero attached hydrogens (tertiary/aromatic N) is 2. The fourth-order valence-electron chi connectivity index (χ4n) is 3.33. The molecule has 32 heavy (non-hydrogen) atoms. The first-order valence-corrected chi connectivity index (χ1v) is 10.9. The molecule has 2 amide bonds. The molecule has 4 aromatic rings. The highest BCUT2D eigenvalue weighted by molar-refractivity contribution is 7.10. The lowest BCUT2D eigenvalue weighted by atomic mass is 10.1. The lowest BCUT2D eigenvalue weighted by Gasteiger charge is -2.30. The zero-order chi connectivity index (χ0) is 22.3. The molecule has 2 heterocycles. The topological polar surface area (TPSA) is 62.3 Å². The molecule has 0 aliphatic rings. The maximum Gasteiger partial charge on any atom is 0.277 e. The number of hydrogen-bond donors (Lipinski definition) is 1. The predicted octanol–water partition coefficient (Wildman–Crippen LogP) is 4.99. The van der Waals surface area contributed by atoms with Gasteiger partial charge in [0.1, 0.15) is 11.5 Å². The summed E-state index contributed by atoms with van der Waals surface area (Å²) in [6.07, 6.45) is 1.49. The average molecular weight is 446 g/mol. The number of carbonyl (C=O) groups is 2. The molecule has 0 aliphatic heterocycles. The summed E-state index contributed by atoms with van der Waals surface area (Å²) < 4.78 is 14.9. The summed E-state index contributed by atoms with van der Waals surface area (Å²) in [6.45, 7) is 0.282. The van der Waals surface area contributed by atoms with Crippen LogP contribution in [0, 0.1) is 5.82 Å². The van der Waals surface area contributed by atoms with Crippen LogP contribution in [0.3, 0.4) is 0 Å². The quantitative estimate of drug-likeness (QED) is 0.436. The minimum Gasteiger partial charge on any atom is -0.350 e. The lowest BCUT2D eigenvalue weighted by molar-refractivity contribution is -0.122. The van der Waals surface area contributed by atoms with Crippen LogP contribution in [0.15, 0.2) is 96.5 Å². The van der Waals surface area contributed by atoms with Gasteiger partial charge in [0.2, 0.25) is 5.91 Å². The Labute approximate surface area is 189 Å². The van der Waals surface area contributed by atoms with E-state index in [0.29, 0.717) is 4.88 Å². The van der Waals surface area contributed by atoms with E-state index >= 15 is 0 Å². The van der Waals surface area contributed by atoms with E-state index < -0.39 is 23.7 Å². The number of pyridine rings is 1. The number of carbonyl (C=O) groups excluding carboxylic acids is 2. The maximum atomic E-state index is 14.9. The summed E-state index contributed by atoms with van der Waals surface area (Å²) in [6, 6.07) is 22.8. The SMILES string of the molecule is O=C(NCc1ccccc1)[C@H](c1cccs1)N(C(=O)c1ccccn1)c1ccccc1F. The molecule has 4 rings (SSSR count). The fourth-order valence-corrected chi connectivity index (χ4v) is 4.14. The number of halogens is 1. The van der Waals surface area contributed by atoms with E-state index in [1.165, 1.54) is 40.6 Å². The van der Waals surface area contributed by atoms with E-state index in [1.54, 1.807) is 36.4 Å². The molecular formula is C25H20FN3O2S. The van der Waals surface area contributed by atoms with Crippen LogP contribution in [0.5, 0.6) is 0 Å². The molecule has 0 unspecified atom stereocenters. The Morgan fingerprint density at radius 3 is 2.38 bits per heavy atom. The summed E-state index contributed by atoms with van der Waals surface area (Å²) in [5, 5.41) is 4.71. The number of benzene rings is 2. The van der Waals surface area contributed by atoms with Crippen molar-refractivity contribution >= 4 is 28.8 Å². The van der Waals surface area contributed by atoms with Crippen molar-refractivity contribution in [2.75, 3.05) is 4.90 Å². The lowest BCUT2D eigenvalue weighted by Crippen LogP contribution is -2.44. The predicted molar refractivity (Wildman–Crippen MR) is 123 cm³/mol. The van der Waals surface area contributed by atoms with Crippen LogP contribution in [0.1, 0.15) is 27.0 Å². The second kappa shape index (κ2) is 9.98. The first kappa shape index (κ1) is 21.4. The van der Waals surface area contributed by atoms with Crippen molar-refractivity contribution in [2.45, 2.75) is 12.6 Å². The van der Waals surface area contributed by atoms with Crippen molar-refractivity contribution in [2.24, 2.45) is 0 Å². The molecule has 2 aromatic heterocycles. The van der Waals surface area contributed by atoms with Gasteiger partial charge in [-0.15, -0.1) is 11.3 Å². The van der Waals surface area contributed by atoms with Gasteiger partial charge in [-0.05, 0) is 41.3 Å². The van der Waals surface area contributed by atoms with Gasteiger partial charge in [-0.2, -0.15) is 0 Å². The molecule has 7 heteroatoms. The summed E-state index contributed by atoms with van der Waals surface area (Å²) in [5.74, 6) is -1.58. The molecule has 1 atom stereocenters. The zero-order valence-corrected chi connectivity index (χ0v) is 17.8. The van der Waals surface area contributed by atoms with E-state index in [-0.39, 0.29) is 17.9 Å². The molecule has 5 nitrogen and oxygen atoms in total. The third kappa shape index (κ3) is 4.73. The Morgan fingerprint density at radius 2 is 1.69 bits per heavy atom. The first-order chi connectivity index (χ1) is 15.6. The largest absolute Gasteiger partial charge is 0.350 e. The average Bonchev–Trinajstić information content (AvgIpc) is 3.37. The maximum absolute atomic E-state index is 14.9. The number of para-hydroxylation sites is 1. The first-order valence-electron chi connectivity index (χ1n) is 9.99. The van der Waals surface area contributed by atoms with E-state index in [9.17, 15) is 14.0 Å². The van der Waals surface area contributed by atoms with Gasteiger partial charge in [0.05, 0.1) is 5.69 Å². The van der Waals surface area contributed by atoms with Crippen LogP contribution < -0.4 is 10.2 Å². The molecule has 2 aromatic carbocycles. The van der Waals surface area contributed by atoms with Crippen molar-refractivity contribution < 1.29 is 14.0 Å². The van der Waals surface area contributed by atoms with Crippen LogP contribution >= 0.6 is 11.3 Å². The van der Waals surface area contributed by atoms with E-state index in [4.69, 9.17) is 0 Å². The molecule has 0 spiro atoms. The van der Waals surface area contributed by atoms with Crippen molar-refractivity contribution in [3.05, 3.63) is 118 Å². The minimum atomic E-state index is -1.06. The molecular weight excluding hydrogens is 425 g/mol. The molecule has 0 aliphatic carbocycles. The third-order valence-corrected chi connectivity index (χ3v) is 5.77. The van der Waals surface area contributed by atoms with E-state index in [1.807, 2.05) is 35.7 Å². The van der Waals surface area contributed by atoms with Crippen molar-refractivity contribution in [3.63, 3.8) is 0 Å². The molecule has 0 bridgehead atoms. The molecule has 0 radical (unpaired) electrons. The van der Waals surface area contributed by atoms with E-state index in [2.05, 4.69) is 10.3 Å². The monoisotopic (exact) mass is 445 g/mol. The Balaban J connectivity index is 1.76. The van der Waals surface area contributed by atoms with Gasteiger partial charge in [-0.25, -0.2) is 4.39 Å². The van der Waals surface area contributed by atoms with Crippen LogP contribution in [0.4, 0.5) is 10.1 Å². The normalized spacial score (nSPS) is 11.5. The number of hydrogen-bond acceptors (Lipinski definition) is 4. The van der Waals surface area contributed by atoms with Gasteiger partial charge in [0.25, 0.3) is 5.91 Å². The number of thiophene rings is 1. The molecule has 0 fully saturated rings. The molecule has 0 saturated carbocycles. The second-order valence-corrected chi connectivity index (χ2v) is 7.94. The van der Waals surface area contributed by atoms with Crippen LogP contribution in [-0.2, 0) is 11.3 Å². The minimum absolute atomic E-state index is 0.0106. The van der Waals surface area contributed by atoms with Gasteiger partial charge < -0.3 is 5.32 Å². The van der Waals surface area contributed by atoms with Crippen LogP contribution in [-0.4, -0.2) is 16.8 Å². The summed E-state index contributed by atoms with van der Waals surface area (Å²) >= 11 is 1.32. The van der Waals surface area contributed by atoms with Crippen molar-refractivity contribution in [3.8, 4) is 0 Å². The Morgan fingerprint density at radius 1 is 0.938 bits per heavy atom. The Hall–Kier alpha value is -3.84. The highest BCUT2D eigenvalue weighted by Gasteiger charge is 2.35. The van der Waals surface area contributed by atoms with Crippen LogP contribution in [0.2, 0.25) is 0 Å². The Kier molecular flexibility index (Phi) is 6.67. The van der Waals surface area contributed by atoms with Gasteiger partial charge in [-0.1, -0.05) is 54.6 Å². The third-order valence-electron chi connectivity index (χ3n) is 4.84. The zero-order valence-electron chi connectivity index (χ0n) is 17.0. The summed E-state index contributed by atoms with van der Waals surface area (Å²) in [7, 11) is 0. The van der Waals surface area contributed by atoms with E-state index in [0.717, 1.165) is 5.56 Å². The number of amides is 2. The van der Waals surface area contributed by atoms with Gasteiger partial charge in [0, 0.05) is 17.6 Å². The molecule has 0 saturated heterocycles. The fraction of sp³-hybridized carbons (Fsp3) is 0.0800. The molecule has 160 valence electrons. The highest BCUT2D eigenvalue weighted by atomic mass is 32.1. The van der Waals surface area contributed by atoms with Crippen molar-refractivity contribution in [1.29, 1.82) is 0 Å². The smallest absolute Gasteiger partial charge is 0.277 e. The van der Waals surface area contributed by atoms with Gasteiger partial charge >= 0.3 is 0 Å².